The van der Waals surface area contributed by atoms with Gasteiger partial charge in [0.1, 0.15) is 0 Å². The molecule has 2 aromatic rings. The molecular weight excluding hydrogens is 370 g/mol. The van der Waals surface area contributed by atoms with Crippen molar-refractivity contribution in [2.45, 2.75) is 41.9 Å². The molecule has 0 unspecified atom stereocenters. The molecule has 0 amide bonds. The maximum atomic E-state index is 13.2. The Hall–Kier alpha value is -1.40. The minimum atomic E-state index is -3.60. The van der Waals surface area contributed by atoms with Crippen molar-refractivity contribution in [1.82, 2.24) is 0 Å². The van der Waals surface area contributed by atoms with Gasteiger partial charge >= 0.3 is 0 Å². The third-order valence-corrected chi connectivity index (χ3v) is 7.64. The summed E-state index contributed by atoms with van der Waals surface area (Å²) in [5.74, 6) is -0.291. The Bertz CT molecular complexity index is 865. The van der Waals surface area contributed by atoms with Gasteiger partial charge in [-0.15, -0.1) is 0 Å². The van der Waals surface area contributed by atoms with Crippen LogP contribution in [0.3, 0.4) is 0 Å². The van der Waals surface area contributed by atoms with Crippen LogP contribution in [-0.2, 0) is 21.0 Å². The van der Waals surface area contributed by atoms with Crippen LogP contribution in [0.2, 0.25) is 5.02 Å². The van der Waals surface area contributed by atoms with Gasteiger partial charge in [0.15, 0.2) is 9.84 Å². The van der Waals surface area contributed by atoms with Crippen LogP contribution in [0, 0.1) is 0 Å². The van der Waals surface area contributed by atoms with Gasteiger partial charge in [0.2, 0.25) is 0 Å². The van der Waals surface area contributed by atoms with Gasteiger partial charge in [-0.1, -0.05) is 42.8 Å². The first-order valence-electron chi connectivity index (χ1n) is 8.79. The van der Waals surface area contributed by atoms with Crippen LogP contribution in [-0.4, -0.2) is 32.4 Å². The van der Waals surface area contributed by atoms with Crippen LogP contribution in [0.4, 0.5) is 0 Å². The fourth-order valence-corrected chi connectivity index (χ4v) is 5.98. The zero-order valence-electron chi connectivity index (χ0n) is 15.0. The molecule has 1 saturated carbocycles. The minimum Gasteiger partial charge on any atom is -0.380 e. The van der Waals surface area contributed by atoms with E-state index in [9.17, 15) is 8.42 Å². The molecule has 0 aromatic heterocycles. The van der Waals surface area contributed by atoms with E-state index in [4.69, 9.17) is 22.1 Å². The number of sulfone groups is 1. The lowest BCUT2D eigenvalue weighted by molar-refractivity contribution is 0.125. The molecule has 0 aliphatic heterocycles. The van der Waals surface area contributed by atoms with E-state index in [1.165, 1.54) is 17.7 Å². The molecule has 0 bridgehead atoms. The number of ether oxygens (including phenoxy) is 1. The van der Waals surface area contributed by atoms with E-state index in [0.29, 0.717) is 11.6 Å². The summed E-state index contributed by atoms with van der Waals surface area (Å²) in [7, 11) is -3.60. The second kappa shape index (κ2) is 7.31. The van der Waals surface area contributed by atoms with Crippen LogP contribution < -0.4 is 5.73 Å². The topological polar surface area (TPSA) is 69.4 Å². The molecule has 4 nitrogen and oxygen atoms in total. The average molecular weight is 394 g/mol. The van der Waals surface area contributed by atoms with Crippen molar-refractivity contribution in [2.24, 2.45) is 5.73 Å². The molecule has 26 heavy (non-hydrogen) atoms. The van der Waals surface area contributed by atoms with Gasteiger partial charge in [0.25, 0.3) is 0 Å². The Kier molecular flexibility index (Phi) is 5.45. The maximum Gasteiger partial charge on any atom is 0.183 e. The van der Waals surface area contributed by atoms with Crippen molar-refractivity contribution in [3.05, 3.63) is 64.7 Å². The number of benzene rings is 2. The predicted molar refractivity (Wildman–Crippen MR) is 104 cm³/mol. The zero-order chi connectivity index (χ0) is 18.9. The van der Waals surface area contributed by atoms with Gasteiger partial charge in [0.05, 0.1) is 22.3 Å². The summed E-state index contributed by atoms with van der Waals surface area (Å²) < 4.78 is 32.0. The second-order valence-electron chi connectivity index (χ2n) is 6.74. The SMILES string of the molecule is CCOC[C@]1(N)[C@H](c2ccc(CC)cc2)[C@H]1S(=O)(=O)c1ccc(Cl)cc1. The van der Waals surface area contributed by atoms with E-state index in [2.05, 4.69) is 6.92 Å². The van der Waals surface area contributed by atoms with E-state index in [1.54, 1.807) is 12.1 Å². The highest BCUT2D eigenvalue weighted by Gasteiger charge is 2.69. The fraction of sp³-hybridized carbons (Fsp3) is 0.400. The Morgan fingerprint density at radius 1 is 1.08 bits per heavy atom. The smallest absolute Gasteiger partial charge is 0.183 e. The van der Waals surface area contributed by atoms with E-state index in [1.807, 2.05) is 31.2 Å². The lowest BCUT2D eigenvalue weighted by atomic mass is 10.0. The molecule has 1 fully saturated rings. The second-order valence-corrected chi connectivity index (χ2v) is 9.25. The van der Waals surface area contributed by atoms with Gasteiger partial charge in [-0.2, -0.15) is 0 Å². The summed E-state index contributed by atoms with van der Waals surface area (Å²) >= 11 is 5.90. The van der Waals surface area contributed by atoms with Crippen LogP contribution in [0.25, 0.3) is 0 Å². The van der Waals surface area contributed by atoms with Crippen molar-refractivity contribution >= 4 is 21.4 Å². The summed E-state index contributed by atoms with van der Waals surface area (Å²) in [6.07, 6.45) is 0.935. The molecule has 3 atom stereocenters. The molecule has 1 aliphatic rings. The van der Waals surface area contributed by atoms with E-state index in [-0.39, 0.29) is 17.4 Å². The Labute approximate surface area is 160 Å². The highest BCUT2D eigenvalue weighted by molar-refractivity contribution is 7.92. The molecule has 2 N–H and O–H groups in total. The standard InChI is InChI=1S/C20H24ClNO3S/c1-3-14-5-7-15(8-6-14)18-19(20(18,22)13-25-4-2)26(23,24)17-11-9-16(21)10-12-17/h5-12,18-19H,3-4,13,22H2,1-2H3/t18-,19-,20+/m1/s1. The summed E-state index contributed by atoms with van der Waals surface area (Å²) in [4.78, 5) is 0.242. The number of hydrogen-bond donors (Lipinski definition) is 1. The zero-order valence-corrected chi connectivity index (χ0v) is 16.6. The van der Waals surface area contributed by atoms with Crippen LogP contribution >= 0.6 is 11.6 Å². The molecular formula is C20H24ClNO3S. The van der Waals surface area contributed by atoms with Crippen molar-refractivity contribution in [2.75, 3.05) is 13.2 Å². The van der Waals surface area contributed by atoms with Crippen molar-refractivity contribution in [3.8, 4) is 0 Å². The molecule has 140 valence electrons. The number of rotatable bonds is 7. The third kappa shape index (κ3) is 3.41. The van der Waals surface area contributed by atoms with Gasteiger partial charge in [0, 0.05) is 17.5 Å². The Balaban J connectivity index is 1.97. The third-order valence-electron chi connectivity index (χ3n) is 5.08. The van der Waals surface area contributed by atoms with Crippen molar-refractivity contribution in [3.63, 3.8) is 0 Å². The summed E-state index contributed by atoms with van der Waals surface area (Å²) in [5.41, 5.74) is 7.76. The summed E-state index contributed by atoms with van der Waals surface area (Å²) in [5, 5.41) is -0.213. The van der Waals surface area contributed by atoms with Crippen molar-refractivity contribution in [1.29, 1.82) is 0 Å². The average Bonchev–Trinajstić information content (AvgIpc) is 3.27. The molecule has 1 aliphatic carbocycles. The maximum absolute atomic E-state index is 13.2. The number of hydrogen-bond acceptors (Lipinski definition) is 4. The summed E-state index contributed by atoms with van der Waals surface area (Å²) in [6, 6.07) is 14.3. The Morgan fingerprint density at radius 2 is 1.69 bits per heavy atom. The molecule has 0 heterocycles. The van der Waals surface area contributed by atoms with Crippen LogP contribution in [0.5, 0.6) is 0 Å². The van der Waals surface area contributed by atoms with Crippen molar-refractivity contribution < 1.29 is 13.2 Å². The first kappa shape index (κ1) is 19.4. The number of halogens is 1. The minimum absolute atomic E-state index is 0.210. The molecule has 2 aromatic carbocycles. The van der Waals surface area contributed by atoms with E-state index >= 15 is 0 Å². The van der Waals surface area contributed by atoms with Gasteiger partial charge in [-0.25, -0.2) is 8.42 Å². The van der Waals surface area contributed by atoms with Gasteiger partial charge in [-0.05, 0) is 48.7 Å². The molecule has 0 saturated heterocycles. The fourth-order valence-electron chi connectivity index (χ4n) is 3.56. The lowest BCUT2D eigenvalue weighted by Gasteiger charge is -2.12. The largest absolute Gasteiger partial charge is 0.380 e. The first-order valence-corrected chi connectivity index (χ1v) is 10.7. The molecule has 6 heteroatoms. The Morgan fingerprint density at radius 3 is 2.23 bits per heavy atom. The van der Waals surface area contributed by atoms with E-state index < -0.39 is 20.6 Å². The normalized spacial score (nSPS) is 25.2. The highest BCUT2D eigenvalue weighted by atomic mass is 35.5. The lowest BCUT2D eigenvalue weighted by Crippen LogP contribution is -2.36. The molecule has 3 rings (SSSR count). The van der Waals surface area contributed by atoms with Gasteiger partial charge in [-0.3, -0.25) is 0 Å². The molecule has 0 radical (unpaired) electrons. The summed E-state index contributed by atoms with van der Waals surface area (Å²) in [6.45, 7) is 4.66. The van der Waals surface area contributed by atoms with Crippen LogP contribution in [0.15, 0.2) is 53.4 Å². The first-order chi connectivity index (χ1) is 12.3. The highest BCUT2D eigenvalue weighted by Crippen LogP contribution is 2.55. The molecule has 0 spiro atoms. The monoisotopic (exact) mass is 393 g/mol. The number of aryl methyl sites for hydroxylation is 1. The quantitative estimate of drug-likeness (QED) is 0.780. The number of nitrogens with two attached hydrogens (primary N) is 1. The van der Waals surface area contributed by atoms with Gasteiger partial charge < -0.3 is 10.5 Å². The van der Waals surface area contributed by atoms with E-state index in [0.717, 1.165) is 12.0 Å². The predicted octanol–water partition coefficient (Wildman–Crippen LogP) is 3.58. The van der Waals surface area contributed by atoms with Crippen LogP contribution in [0.1, 0.15) is 30.9 Å².